The van der Waals surface area contributed by atoms with Crippen molar-refractivity contribution in [2.45, 2.75) is 13.0 Å². The third-order valence-electron chi connectivity index (χ3n) is 3.70. The highest BCUT2D eigenvalue weighted by molar-refractivity contribution is 9.10. The number of rotatable bonds is 3. The van der Waals surface area contributed by atoms with Gasteiger partial charge in [0.25, 0.3) is 5.91 Å². The van der Waals surface area contributed by atoms with Crippen molar-refractivity contribution in [1.29, 1.82) is 0 Å². The fourth-order valence-electron chi connectivity index (χ4n) is 2.51. The number of carbonyl (C=O) groups is 1. The minimum Gasteiger partial charge on any atom is -0.345 e. The number of pyridine rings is 1. The summed E-state index contributed by atoms with van der Waals surface area (Å²) in [4.78, 5) is 27.2. The zero-order valence-electron chi connectivity index (χ0n) is 12.5. The summed E-state index contributed by atoms with van der Waals surface area (Å²) in [6.45, 7) is 1.92. The molecule has 0 fully saturated rings. The van der Waals surface area contributed by atoms with E-state index < -0.39 is 0 Å². The van der Waals surface area contributed by atoms with Crippen LogP contribution in [0.15, 0.2) is 63.9 Å². The van der Waals surface area contributed by atoms with Gasteiger partial charge in [0.2, 0.25) is 5.56 Å². The highest BCUT2D eigenvalue weighted by atomic mass is 79.9. The molecule has 3 rings (SSSR count). The Morgan fingerprint density at radius 3 is 2.61 bits per heavy atom. The number of hydrogen-bond acceptors (Lipinski definition) is 2. The molecular weight excluding hydrogens is 356 g/mol. The lowest BCUT2D eigenvalue weighted by Gasteiger charge is -2.15. The van der Waals surface area contributed by atoms with Crippen LogP contribution in [0.4, 0.5) is 0 Å². The van der Waals surface area contributed by atoms with Gasteiger partial charge in [0, 0.05) is 21.4 Å². The Hall–Kier alpha value is -2.40. The van der Waals surface area contributed by atoms with E-state index in [1.807, 2.05) is 49.4 Å². The molecule has 3 aromatic rings. The fourth-order valence-corrected chi connectivity index (χ4v) is 2.87. The van der Waals surface area contributed by atoms with Gasteiger partial charge in [-0.25, -0.2) is 0 Å². The van der Waals surface area contributed by atoms with Crippen molar-refractivity contribution in [2.24, 2.45) is 0 Å². The quantitative estimate of drug-likeness (QED) is 0.736. The number of amides is 1. The number of nitrogens with one attached hydrogen (secondary N) is 2. The summed E-state index contributed by atoms with van der Waals surface area (Å²) in [7, 11) is 0. The second-order valence-electron chi connectivity index (χ2n) is 5.34. The minimum absolute atomic E-state index is 0.148. The smallest absolute Gasteiger partial charge is 0.252 e. The summed E-state index contributed by atoms with van der Waals surface area (Å²) in [6, 6.07) is 16.3. The molecule has 0 aliphatic heterocycles. The molecule has 5 heteroatoms. The molecule has 0 spiro atoms. The topological polar surface area (TPSA) is 62.0 Å². The SMILES string of the molecule is C[C@@H](NC(=O)c1cc(=O)[nH]c2ccc(Br)cc12)c1ccccc1. The van der Waals surface area contributed by atoms with Crippen LogP contribution in [0.2, 0.25) is 0 Å². The zero-order valence-corrected chi connectivity index (χ0v) is 14.1. The van der Waals surface area contributed by atoms with E-state index in [1.54, 1.807) is 6.07 Å². The summed E-state index contributed by atoms with van der Waals surface area (Å²) >= 11 is 3.40. The van der Waals surface area contributed by atoms with Crippen LogP contribution in [0.5, 0.6) is 0 Å². The number of halogens is 1. The first-order valence-electron chi connectivity index (χ1n) is 7.23. The van der Waals surface area contributed by atoms with Gasteiger partial charge in [0.1, 0.15) is 0 Å². The van der Waals surface area contributed by atoms with E-state index >= 15 is 0 Å². The number of hydrogen-bond donors (Lipinski definition) is 2. The lowest BCUT2D eigenvalue weighted by atomic mass is 10.1. The van der Waals surface area contributed by atoms with Crippen molar-refractivity contribution >= 4 is 32.7 Å². The largest absolute Gasteiger partial charge is 0.345 e. The number of benzene rings is 2. The second-order valence-corrected chi connectivity index (χ2v) is 6.26. The van der Waals surface area contributed by atoms with E-state index in [2.05, 4.69) is 26.2 Å². The monoisotopic (exact) mass is 370 g/mol. The Morgan fingerprint density at radius 2 is 1.87 bits per heavy atom. The van der Waals surface area contributed by atoms with Crippen molar-refractivity contribution in [3.63, 3.8) is 0 Å². The molecule has 23 heavy (non-hydrogen) atoms. The van der Waals surface area contributed by atoms with Gasteiger partial charge in [-0.05, 0) is 30.7 Å². The molecule has 0 unspecified atom stereocenters. The van der Waals surface area contributed by atoms with Gasteiger partial charge in [-0.2, -0.15) is 0 Å². The Morgan fingerprint density at radius 1 is 1.13 bits per heavy atom. The Bertz CT molecular complexity index is 919. The van der Waals surface area contributed by atoms with Gasteiger partial charge in [-0.1, -0.05) is 46.3 Å². The summed E-state index contributed by atoms with van der Waals surface area (Å²) < 4.78 is 0.849. The molecule has 2 aromatic carbocycles. The Balaban J connectivity index is 1.98. The van der Waals surface area contributed by atoms with Crippen LogP contribution < -0.4 is 10.9 Å². The van der Waals surface area contributed by atoms with Crippen molar-refractivity contribution in [1.82, 2.24) is 10.3 Å². The maximum absolute atomic E-state index is 12.6. The van der Waals surface area contributed by atoms with Crippen molar-refractivity contribution < 1.29 is 4.79 Å². The first-order chi connectivity index (χ1) is 11.0. The molecule has 1 heterocycles. The normalized spacial score (nSPS) is 12.1. The minimum atomic E-state index is -0.294. The van der Waals surface area contributed by atoms with E-state index in [-0.39, 0.29) is 17.5 Å². The highest BCUT2D eigenvalue weighted by Gasteiger charge is 2.15. The van der Waals surface area contributed by atoms with Gasteiger partial charge in [-0.15, -0.1) is 0 Å². The number of H-pyrrole nitrogens is 1. The maximum Gasteiger partial charge on any atom is 0.252 e. The third-order valence-corrected chi connectivity index (χ3v) is 4.19. The molecule has 0 saturated carbocycles. The standard InChI is InChI=1S/C18H15BrN2O2/c1-11(12-5-3-2-4-6-12)20-18(23)15-10-17(22)21-16-8-7-13(19)9-14(15)16/h2-11H,1H3,(H,20,23)(H,21,22)/t11-/m1/s1. The van der Waals surface area contributed by atoms with Gasteiger partial charge in [0.05, 0.1) is 11.6 Å². The molecule has 1 atom stereocenters. The summed E-state index contributed by atoms with van der Waals surface area (Å²) in [6.07, 6.45) is 0. The molecule has 0 saturated heterocycles. The van der Waals surface area contributed by atoms with Crippen LogP contribution in [0.1, 0.15) is 28.9 Å². The van der Waals surface area contributed by atoms with Crippen LogP contribution in [-0.2, 0) is 0 Å². The third kappa shape index (κ3) is 3.35. The van der Waals surface area contributed by atoms with Crippen LogP contribution in [-0.4, -0.2) is 10.9 Å². The van der Waals surface area contributed by atoms with E-state index in [9.17, 15) is 9.59 Å². The van der Waals surface area contributed by atoms with Crippen LogP contribution in [0.3, 0.4) is 0 Å². The predicted molar refractivity (Wildman–Crippen MR) is 94.6 cm³/mol. The predicted octanol–water partition coefficient (Wildman–Crippen LogP) is 3.78. The molecule has 0 bridgehead atoms. The lowest BCUT2D eigenvalue weighted by Crippen LogP contribution is -2.28. The Kier molecular flexibility index (Phi) is 4.30. The Labute approximate surface area is 141 Å². The van der Waals surface area contributed by atoms with Gasteiger partial charge < -0.3 is 10.3 Å². The van der Waals surface area contributed by atoms with Gasteiger partial charge in [-0.3, -0.25) is 9.59 Å². The highest BCUT2D eigenvalue weighted by Crippen LogP contribution is 2.21. The van der Waals surface area contributed by atoms with E-state index in [4.69, 9.17) is 0 Å². The maximum atomic E-state index is 12.6. The number of aromatic nitrogens is 1. The number of carbonyl (C=O) groups excluding carboxylic acids is 1. The van der Waals surface area contributed by atoms with E-state index in [0.717, 1.165) is 10.0 Å². The first kappa shape index (κ1) is 15.5. The first-order valence-corrected chi connectivity index (χ1v) is 8.02. The molecule has 116 valence electrons. The second kappa shape index (κ2) is 6.38. The van der Waals surface area contributed by atoms with Crippen molar-refractivity contribution in [2.75, 3.05) is 0 Å². The molecule has 1 amide bonds. The molecule has 0 aliphatic carbocycles. The van der Waals surface area contributed by atoms with Crippen molar-refractivity contribution in [3.8, 4) is 0 Å². The van der Waals surface area contributed by atoms with Crippen molar-refractivity contribution in [3.05, 3.63) is 80.6 Å². The number of fused-ring (bicyclic) bond motifs is 1. The molecule has 0 radical (unpaired) electrons. The van der Waals surface area contributed by atoms with Gasteiger partial charge >= 0.3 is 0 Å². The molecule has 0 aliphatic rings. The number of aromatic amines is 1. The van der Waals surface area contributed by atoms with Gasteiger partial charge in [0.15, 0.2) is 0 Å². The molecule has 2 N–H and O–H groups in total. The average molecular weight is 371 g/mol. The average Bonchev–Trinajstić information content (AvgIpc) is 2.55. The molecular formula is C18H15BrN2O2. The summed E-state index contributed by atoms with van der Waals surface area (Å²) in [5.74, 6) is -0.268. The van der Waals surface area contributed by atoms with E-state index in [1.165, 1.54) is 6.07 Å². The molecule has 1 aromatic heterocycles. The lowest BCUT2D eigenvalue weighted by molar-refractivity contribution is 0.0941. The summed E-state index contributed by atoms with van der Waals surface area (Å²) in [5, 5.41) is 3.65. The van der Waals surface area contributed by atoms with E-state index in [0.29, 0.717) is 16.5 Å². The fraction of sp³-hybridized carbons (Fsp3) is 0.111. The molecule has 4 nitrogen and oxygen atoms in total. The van der Waals surface area contributed by atoms with Crippen LogP contribution in [0, 0.1) is 0 Å². The summed E-state index contributed by atoms with van der Waals surface area (Å²) in [5.41, 5.74) is 1.72. The zero-order chi connectivity index (χ0) is 16.4. The van der Waals surface area contributed by atoms with Crippen LogP contribution >= 0.6 is 15.9 Å². The van der Waals surface area contributed by atoms with Crippen LogP contribution in [0.25, 0.3) is 10.9 Å².